The van der Waals surface area contributed by atoms with Crippen LogP contribution in [-0.2, 0) is 0 Å². The van der Waals surface area contributed by atoms with Crippen molar-refractivity contribution in [2.75, 3.05) is 18.8 Å². The number of hydrogen-bond acceptors (Lipinski definition) is 2. The Morgan fingerprint density at radius 2 is 2.00 bits per heavy atom. The molecule has 1 saturated heterocycles. The molecular formula is C15H23NS. The van der Waals surface area contributed by atoms with Gasteiger partial charge in [-0.25, -0.2) is 0 Å². The van der Waals surface area contributed by atoms with Crippen LogP contribution in [0.25, 0.3) is 0 Å². The maximum atomic E-state index is 4.53. The van der Waals surface area contributed by atoms with E-state index in [9.17, 15) is 0 Å². The van der Waals surface area contributed by atoms with E-state index in [1.165, 1.54) is 18.5 Å². The van der Waals surface area contributed by atoms with E-state index in [4.69, 9.17) is 0 Å². The first-order valence-corrected chi connectivity index (χ1v) is 7.23. The van der Waals surface area contributed by atoms with Crippen LogP contribution in [0.5, 0.6) is 0 Å². The normalized spacial score (nSPS) is 27.2. The number of nitrogens with zero attached hydrogens (tertiary/aromatic N) is 1. The third kappa shape index (κ3) is 3.26. The first-order valence-electron chi connectivity index (χ1n) is 6.60. The molecule has 0 aliphatic carbocycles. The largest absolute Gasteiger partial charge is 0.300 e. The molecule has 0 aromatic heterocycles. The number of hydrogen-bond donors (Lipinski definition) is 1. The van der Waals surface area contributed by atoms with Gasteiger partial charge < -0.3 is 0 Å². The van der Waals surface area contributed by atoms with Crippen molar-refractivity contribution >= 4 is 12.6 Å². The summed E-state index contributed by atoms with van der Waals surface area (Å²) in [7, 11) is 0. The second-order valence-electron chi connectivity index (χ2n) is 5.43. The van der Waals surface area contributed by atoms with Crippen LogP contribution in [0.4, 0.5) is 0 Å². The minimum Gasteiger partial charge on any atom is -0.300 e. The molecule has 0 amide bonds. The van der Waals surface area contributed by atoms with Gasteiger partial charge in [0.25, 0.3) is 0 Å². The van der Waals surface area contributed by atoms with Crippen LogP contribution in [0.1, 0.15) is 31.7 Å². The lowest BCUT2D eigenvalue weighted by atomic mass is 10.0. The van der Waals surface area contributed by atoms with E-state index in [2.05, 4.69) is 61.7 Å². The molecule has 1 aromatic carbocycles. The summed E-state index contributed by atoms with van der Waals surface area (Å²) < 4.78 is 0. The Bertz CT molecular complexity index is 338. The van der Waals surface area contributed by atoms with Crippen LogP contribution >= 0.6 is 12.6 Å². The highest BCUT2D eigenvalue weighted by atomic mass is 32.1. The number of likely N-dealkylation sites (tertiary alicyclic amines) is 1. The average Bonchev–Trinajstić information content (AvgIpc) is 2.66. The highest BCUT2D eigenvalue weighted by molar-refractivity contribution is 7.80. The first-order chi connectivity index (χ1) is 8.20. The second-order valence-corrected chi connectivity index (χ2v) is 5.80. The van der Waals surface area contributed by atoms with Gasteiger partial charge in [0.2, 0.25) is 0 Å². The monoisotopic (exact) mass is 249 g/mol. The molecule has 1 heterocycles. The van der Waals surface area contributed by atoms with Crippen LogP contribution in [0, 0.1) is 5.92 Å². The number of thiol groups is 1. The lowest BCUT2D eigenvalue weighted by Crippen LogP contribution is -2.32. The van der Waals surface area contributed by atoms with E-state index in [0.717, 1.165) is 24.3 Å². The van der Waals surface area contributed by atoms with Gasteiger partial charge in [0.15, 0.2) is 0 Å². The zero-order valence-corrected chi connectivity index (χ0v) is 11.7. The quantitative estimate of drug-likeness (QED) is 0.800. The van der Waals surface area contributed by atoms with Crippen LogP contribution in [0.3, 0.4) is 0 Å². The summed E-state index contributed by atoms with van der Waals surface area (Å²) >= 11 is 4.53. The number of rotatable bonds is 4. The molecule has 0 N–H and O–H groups in total. The standard InChI is InChI=1S/C15H23NS/c1-12-8-13(2)16(9-12)10-15(11-17)14-6-4-3-5-7-14/h3-7,12-13,15,17H,8-11H2,1-2H3. The van der Waals surface area contributed by atoms with Crippen molar-refractivity contribution in [3.8, 4) is 0 Å². The van der Waals surface area contributed by atoms with E-state index >= 15 is 0 Å². The van der Waals surface area contributed by atoms with Crippen molar-refractivity contribution in [1.29, 1.82) is 0 Å². The Hall–Kier alpha value is -0.470. The Morgan fingerprint density at radius 3 is 2.53 bits per heavy atom. The van der Waals surface area contributed by atoms with Crippen molar-refractivity contribution in [1.82, 2.24) is 4.90 Å². The molecule has 0 bridgehead atoms. The predicted molar refractivity (Wildman–Crippen MR) is 77.9 cm³/mol. The molecule has 3 unspecified atom stereocenters. The van der Waals surface area contributed by atoms with Crippen molar-refractivity contribution in [3.05, 3.63) is 35.9 Å². The third-order valence-electron chi connectivity index (χ3n) is 3.86. The highest BCUT2D eigenvalue weighted by Crippen LogP contribution is 2.26. The van der Waals surface area contributed by atoms with Crippen molar-refractivity contribution < 1.29 is 0 Å². The molecule has 94 valence electrons. The minimum absolute atomic E-state index is 0.562. The summed E-state index contributed by atoms with van der Waals surface area (Å²) in [6.07, 6.45) is 1.34. The van der Waals surface area contributed by atoms with E-state index in [1.54, 1.807) is 0 Å². The maximum absolute atomic E-state index is 4.53. The summed E-state index contributed by atoms with van der Waals surface area (Å²) in [5.74, 6) is 2.34. The van der Waals surface area contributed by atoms with Crippen LogP contribution in [-0.4, -0.2) is 29.8 Å². The van der Waals surface area contributed by atoms with Gasteiger partial charge in [0.1, 0.15) is 0 Å². The molecule has 1 aliphatic rings. The summed E-state index contributed by atoms with van der Waals surface area (Å²) in [6, 6.07) is 11.5. The van der Waals surface area contributed by atoms with Crippen molar-refractivity contribution in [3.63, 3.8) is 0 Å². The third-order valence-corrected chi connectivity index (χ3v) is 4.30. The Balaban J connectivity index is 2.01. The Morgan fingerprint density at radius 1 is 1.29 bits per heavy atom. The lowest BCUT2D eigenvalue weighted by molar-refractivity contribution is 0.253. The van der Waals surface area contributed by atoms with Crippen molar-refractivity contribution in [2.24, 2.45) is 5.92 Å². The fraction of sp³-hybridized carbons (Fsp3) is 0.600. The number of benzene rings is 1. The van der Waals surface area contributed by atoms with E-state index in [-0.39, 0.29) is 0 Å². The van der Waals surface area contributed by atoms with Gasteiger partial charge >= 0.3 is 0 Å². The van der Waals surface area contributed by atoms with E-state index < -0.39 is 0 Å². The Labute approximate surface area is 111 Å². The molecule has 2 heteroatoms. The van der Waals surface area contributed by atoms with E-state index in [1.807, 2.05) is 0 Å². The molecule has 1 aliphatic heterocycles. The van der Waals surface area contributed by atoms with Gasteiger partial charge in [-0.2, -0.15) is 12.6 Å². The fourth-order valence-electron chi connectivity index (χ4n) is 2.92. The molecule has 1 aromatic rings. The summed E-state index contributed by atoms with van der Waals surface area (Å²) in [5, 5.41) is 0. The molecule has 2 rings (SSSR count). The average molecular weight is 249 g/mol. The zero-order valence-electron chi connectivity index (χ0n) is 10.8. The molecule has 17 heavy (non-hydrogen) atoms. The highest BCUT2D eigenvalue weighted by Gasteiger charge is 2.27. The van der Waals surface area contributed by atoms with Gasteiger partial charge in [0.05, 0.1) is 0 Å². The molecule has 3 atom stereocenters. The summed E-state index contributed by atoms with van der Waals surface area (Å²) in [5.41, 5.74) is 1.43. The molecule has 0 radical (unpaired) electrons. The smallest absolute Gasteiger partial charge is 0.00703 e. The first kappa shape index (κ1) is 13.0. The zero-order chi connectivity index (χ0) is 12.3. The molecular weight excluding hydrogens is 226 g/mol. The van der Waals surface area contributed by atoms with Gasteiger partial charge in [-0.05, 0) is 30.6 Å². The fourth-order valence-corrected chi connectivity index (χ4v) is 3.24. The summed E-state index contributed by atoms with van der Waals surface area (Å²) in [4.78, 5) is 2.62. The SMILES string of the molecule is CC1CC(C)N(CC(CS)c2ccccc2)C1. The van der Waals surface area contributed by atoms with Crippen LogP contribution in [0.2, 0.25) is 0 Å². The van der Waals surface area contributed by atoms with Crippen molar-refractivity contribution in [2.45, 2.75) is 32.2 Å². The molecule has 1 fully saturated rings. The van der Waals surface area contributed by atoms with Gasteiger partial charge in [0, 0.05) is 25.0 Å². The molecule has 1 nitrogen and oxygen atoms in total. The van der Waals surface area contributed by atoms with Gasteiger partial charge in [-0.3, -0.25) is 4.90 Å². The predicted octanol–water partition coefficient (Wildman–Crippen LogP) is 3.43. The molecule has 0 saturated carbocycles. The Kier molecular flexibility index (Phi) is 4.52. The maximum Gasteiger partial charge on any atom is 0.00703 e. The van der Waals surface area contributed by atoms with E-state index in [0.29, 0.717) is 5.92 Å². The van der Waals surface area contributed by atoms with Crippen LogP contribution < -0.4 is 0 Å². The molecule has 0 spiro atoms. The topological polar surface area (TPSA) is 3.24 Å². The minimum atomic E-state index is 0.562. The van der Waals surface area contributed by atoms with Crippen LogP contribution in [0.15, 0.2) is 30.3 Å². The van der Waals surface area contributed by atoms with Gasteiger partial charge in [-0.15, -0.1) is 0 Å². The van der Waals surface area contributed by atoms with Gasteiger partial charge in [-0.1, -0.05) is 37.3 Å². The lowest BCUT2D eigenvalue weighted by Gasteiger charge is -2.26. The second kappa shape index (κ2) is 5.92. The summed E-state index contributed by atoms with van der Waals surface area (Å²) in [6.45, 7) is 7.11.